The highest BCUT2D eigenvalue weighted by molar-refractivity contribution is 6.07. The summed E-state index contributed by atoms with van der Waals surface area (Å²) in [4.78, 5) is 45.5. The molecular weight excluding hydrogens is 370 g/mol. The number of rotatable bonds is 4. The molecule has 0 radical (unpaired) electrons. The van der Waals surface area contributed by atoms with E-state index in [1.807, 2.05) is 27.7 Å². The van der Waals surface area contributed by atoms with Crippen molar-refractivity contribution in [2.45, 2.75) is 95.9 Å². The SMILES string of the molecule is CC(C)(C)NC(=O)c1ncn2c1C(=O)N(C1CC1)C(C)(C(=O)NC1CCCC1)C2. The quantitative estimate of drug-likeness (QED) is 0.805. The van der Waals surface area contributed by atoms with Gasteiger partial charge in [-0.15, -0.1) is 0 Å². The minimum Gasteiger partial charge on any atom is -0.351 e. The summed E-state index contributed by atoms with van der Waals surface area (Å²) in [5, 5.41) is 6.05. The van der Waals surface area contributed by atoms with Crippen LogP contribution in [0.2, 0.25) is 0 Å². The van der Waals surface area contributed by atoms with Crippen molar-refractivity contribution >= 4 is 17.7 Å². The zero-order chi connectivity index (χ0) is 21.0. The van der Waals surface area contributed by atoms with Crippen LogP contribution >= 0.6 is 0 Å². The summed E-state index contributed by atoms with van der Waals surface area (Å²) in [6.45, 7) is 7.80. The monoisotopic (exact) mass is 401 g/mol. The first-order valence-corrected chi connectivity index (χ1v) is 10.6. The Kier molecular flexibility index (Phi) is 4.70. The molecule has 8 nitrogen and oxygen atoms in total. The number of carbonyl (C=O) groups excluding carboxylic acids is 3. The van der Waals surface area contributed by atoms with E-state index in [9.17, 15) is 14.4 Å². The third-order valence-corrected chi connectivity index (χ3v) is 6.06. The van der Waals surface area contributed by atoms with E-state index in [4.69, 9.17) is 0 Å². The molecule has 1 aromatic rings. The van der Waals surface area contributed by atoms with E-state index in [1.54, 1.807) is 9.47 Å². The Morgan fingerprint density at radius 2 is 1.83 bits per heavy atom. The summed E-state index contributed by atoms with van der Waals surface area (Å²) in [6.07, 6.45) is 7.52. The second-order valence-corrected chi connectivity index (χ2v) is 9.91. The fourth-order valence-corrected chi connectivity index (χ4v) is 4.53. The van der Waals surface area contributed by atoms with Crippen LogP contribution in [0, 0.1) is 0 Å². The molecule has 1 unspecified atom stereocenters. The Hall–Kier alpha value is -2.38. The van der Waals surface area contributed by atoms with E-state index in [2.05, 4.69) is 15.6 Å². The molecule has 2 heterocycles. The molecule has 8 heteroatoms. The number of aromatic nitrogens is 2. The number of carbonyl (C=O) groups is 3. The number of nitrogens with zero attached hydrogens (tertiary/aromatic N) is 3. The highest BCUT2D eigenvalue weighted by Crippen LogP contribution is 2.39. The molecule has 1 aromatic heterocycles. The zero-order valence-electron chi connectivity index (χ0n) is 17.7. The minimum atomic E-state index is -0.980. The molecule has 2 aliphatic carbocycles. The second-order valence-electron chi connectivity index (χ2n) is 9.91. The van der Waals surface area contributed by atoms with Gasteiger partial charge in [0.15, 0.2) is 5.69 Å². The molecule has 3 aliphatic rings. The maximum atomic E-state index is 13.5. The lowest BCUT2D eigenvalue weighted by molar-refractivity contribution is -0.134. The van der Waals surface area contributed by atoms with Gasteiger partial charge in [-0.3, -0.25) is 14.4 Å². The first kappa shape index (κ1) is 19.9. The van der Waals surface area contributed by atoms with E-state index in [1.165, 1.54) is 6.33 Å². The molecule has 2 saturated carbocycles. The Morgan fingerprint density at radius 3 is 2.41 bits per heavy atom. The maximum Gasteiger partial charge on any atom is 0.274 e. The molecular formula is C21H31N5O3. The molecule has 0 spiro atoms. The van der Waals surface area contributed by atoms with Crippen LogP contribution in [0.4, 0.5) is 0 Å². The molecule has 4 rings (SSSR count). The van der Waals surface area contributed by atoms with E-state index in [-0.39, 0.29) is 41.2 Å². The number of hydrogen-bond donors (Lipinski definition) is 2. The van der Waals surface area contributed by atoms with Gasteiger partial charge in [0.2, 0.25) is 5.91 Å². The zero-order valence-corrected chi connectivity index (χ0v) is 17.7. The van der Waals surface area contributed by atoms with Crippen molar-refractivity contribution in [3.8, 4) is 0 Å². The molecule has 0 saturated heterocycles. The number of hydrogen-bond acceptors (Lipinski definition) is 4. The highest BCUT2D eigenvalue weighted by atomic mass is 16.2. The van der Waals surface area contributed by atoms with Crippen molar-refractivity contribution < 1.29 is 14.4 Å². The molecule has 158 valence electrons. The maximum absolute atomic E-state index is 13.5. The van der Waals surface area contributed by atoms with Crippen LogP contribution in [0.3, 0.4) is 0 Å². The van der Waals surface area contributed by atoms with Gasteiger partial charge in [-0.1, -0.05) is 12.8 Å². The van der Waals surface area contributed by atoms with Crippen molar-refractivity contribution in [2.75, 3.05) is 0 Å². The molecule has 0 bridgehead atoms. The molecule has 1 aliphatic heterocycles. The predicted molar refractivity (Wildman–Crippen MR) is 107 cm³/mol. The topological polar surface area (TPSA) is 96.3 Å². The predicted octanol–water partition coefficient (Wildman–Crippen LogP) is 1.85. The summed E-state index contributed by atoms with van der Waals surface area (Å²) in [5.74, 6) is -0.751. The van der Waals surface area contributed by atoms with Gasteiger partial charge in [0.05, 0.1) is 12.9 Å². The van der Waals surface area contributed by atoms with Crippen LogP contribution < -0.4 is 10.6 Å². The van der Waals surface area contributed by atoms with Crippen molar-refractivity contribution in [1.82, 2.24) is 25.1 Å². The molecule has 1 atom stereocenters. The standard InChI is InChI=1S/C21H31N5O3/c1-20(2,3)24-17(27)15-16-18(28)26(14-9-10-14)21(4,11-25(16)12-22-15)19(29)23-13-7-5-6-8-13/h12-14H,5-11H2,1-4H3,(H,23,29)(H,24,27). The van der Waals surface area contributed by atoms with Crippen LogP contribution in [-0.4, -0.2) is 55.3 Å². The summed E-state index contributed by atoms with van der Waals surface area (Å²) in [5.41, 5.74) is -0.998. The molecule has 0 aromatic carbocycles. The Bertz CT molecular complexity index is 845. The smallest absolute Gasteiger partial charge is 0.274 e. The van der Waals surface area contributed by atoms with Crippen LogP contribution in [0.1, 0.15) is 87.2 Å². The van der Waals surface area contributed by atoms with Gasteiger partial charge in [-0.25, -0.2) is 4.98 Å². The number of amides is 3. The van der Waals surface area contributed by atoms with E-state index in [0.29, 0.717) is 6.54 Å². The summed E-state index contributed by atoms with van der Waals surface area (Å²) in [7, 11) is 0. The van der Waals surface area contributed by atoms with Crippen LogP contribution in [0.25, 0.3) is 0 Å². The fourth-order valence-electron chi connectivity index (χ4n) is 4.53. The van der Waals surface area contributed by atoms with Gasteiger partial charge in [0, 0.05) is 17.6 Å². The summed E-state index contributed by atoms with van der Waals surface area (Å²) in [6, 6.07) is 0.233. The Morgan fingerprint density at radius 1 is 1.17 bits per heavy atom. The normalized spacial score (nSPS) is 25.1. The van der Waals surface area contributed by atoms with Gasteiger partial charge in [-0.2, -0.15) is 0 Å². The molecule has 29 heavy (non-hydrogen) atoms. The van der Waals surface area contributed by atoms with Crippen molar-refractivity contribution in [1.29, 1.82) is 0 Å². The van der Waals surface area contributed by atoms with E-state index in [0.717, 1.165) is 38.5 Å². The van der Waals surface area contributed by atoms with Gasteiger partial charge in [0.25, 0.3) is 11.8 Å². The second kappa shape index (κ2) is 6.85. The van der Waals surface area contributed by atoms with Crippen molar-refractivity contribution in [3.05, 3.63) is 17.7 Å². The average molecular weight is 402 g/mol. The number of nitrogens with one attached hydrogen (secondary N) is 2. The first-order chi connectivity index (χ1) is 13.6. The third-order valence-electron chi connectivity index (χ3n) is 6.06. The number of imidazole rings is 1. The average Bonchev–Trinajstić information content (AvgIpc) is 3.13. The van der Waals surface area contributed by atoms with E-state index >= 15 is 0 Å². The van der Waals surface area contributed by atoms with Gasteiger partial charge in [-0.05, 0) is 53.4 Å². The Labute approximate surface area is 171 Å². The van der Waals surface area contributed by atoms with Gasteiger partial charge in [0.1, 0.15) is 11.2 Å². The molecule has 2 N–H and O–H groups in total. The fraction of sp³-hybridized carbons (Fsp3) is 0.714. The molecule has 2 fully saturated rings. The lowest BCUT2D eigenvalue weighted by Gasteiger charge is -2.44. The highest BCUT2D eigenvalue weighted by Gasteiger charge is 2.54. The lowest BCUT2D eigenvalue weighted by Crippen LogP contribution is -2.65. The largest absolute Gasteiger partial charge is 0.351 e. The lowest BCUT2D eigenvalue weighted by atomic mass is 9.93. The van der Waals surface area contributed by atoms with Crippen LogP contribution in [0.5, 0.6) is 0 Å². The van der Waals surface area contributed by atoms with Crippen LogP contribution in [0.15, 0.2) is 6.33 Å². The van der Waals surface area contributed by atoms with E-state index < -0.39 is 11.1 Å². The minimum absolute atomic E-state index is 0.0454. The molecule has 3 amide bonds. The van der Waals surface area contributed by atoms with Crippen LogP contribution in [-0.2, 0) is 11.3 Å². The van der Waals surface area contributed by atoms with Crippen molar-refractivity contribution in [2.24, 2.45) is 0 Å². The first-order valence-electron chi connectivity index (χ1n) is 10.6. The van der Waals surface area contributed by atoms with Gasteiger partial charge >= 0.3 is 0 Å². The number of fused-ring (bicyclic) bond motifs is 1. The Balaban J connectivity index is 1.66. The van der Waals surface area contributed by atoms with Crippen molar-refractivity contribution in [3.63, 3.8) is 0 Å². The summed E-state index contributed by atoms with van der Waals surface area (Å²) >= 11 is 0. The summed E-state index contributed by atoms with van der Waals surface area (Å²) < 4.78 is 1.67. The van der Waals surface area contributed by atoms with Gasteiger partial charge < -0.3 is 20.1 Å². The third kappa shape index (κ3) is 3.65.